The van der Waals surface area contributed by atoms with Crippen molar-refractivity contribution in [1.29, 1.82) is 0 Å². The Morgan fingerprint density at radius 3 is 2.94 bits per heavy atom. The largest absolute Gasteiger partial charge is 0.385 e. The molecule has 1 aliphatic rings. The molecule has 1 atom stereocenters. The lowest BCUT2D eigenvalue weighted by Gasteiger charge is -2.22. The zero-order chi connectivity index (χ0) is 13.3. The number of aliphatic imine (C=N–C) groups is 1. The first-order valence-corrected chi connectivity index (χ1v) is 6.24. The smallest absolute Gasteiger partial charge is 0.346 e. The Labute approximate surface area is 118 Å². The Morgan fingerprint density at radius 1 is 1.61 bits per heavy atom. The van der Waals surface area contributed by atoms with Crippen molar-refractivity contribution in [2.75, 3.05) is 6.54 Å². The fourth-order valence-electron chi connectivity index (χ4n) is 1.80. The van der Waals surface area contributed by atoms with Gasteiger partial charge in [0, 0.05) is 4.47 Å². The lowest BCUT2D eigenvalue weighted by atomic mass is 10.1. The summed E-state index contributed by atoms with van der Waals surface area (Å²) in [6, 6.07) is 4.48. The van der Waals surface area contributed by atoms with E-state index in [0.29, 0.717) is 5.02 Å². The number of benzene rings is 1. The monoisotopic (exact) mass is 325 g/mol. The molecule has 0 aliphatic carbocycles. The van der Waals surface area contributed by atoms with Gasteiger partial charge in [0.05, 0.1) is 11.6 Å². The number of hydrogen-bond acceptors (Lipinski definition) is 2. The number of urea groups is 1. The summed E-state index contributed by atoms with van der Waals surface area (Å²) in [4.78, 5) is 16.8. The maximum atomic E-state index is 11.6. The first-order valence-electron chi connectivity index (χ1n) is 5.07. The SMILES string of the molecule is C#CCN1C(=O)N=C(N)C1c1ccc(Cl)c(Br)c1. The zero-order valence-corrected chi connectivity index (χ0v) is 11.6. The van der Waals surface area contributed by atoms with Gasteiger partial charge in [0.25, 0.3) is 0 Å². The molecule has 1 aliphatic heterocycles. The Hall–Kier alpha value is -1.51. The number of carbonyl (C=O) groups is 1. The summed E-state index contributed by atoms with van der Waals surface area (Å²) in [5, 5.41) is 0.585. The molecule has 4 nitrogen and oxygen atoms in total. The number of amidine groups is 1. The first-order chi connectivity index (χ1) is 8.54. The maximum Gasteiger partial charge on any atom is 0.346 e. The minimum absolute atomic E-state index is 0.161. The molecular formula is C12H9BrClN3O. The minimum Gasteiger partial charge on any atom is -0.385 e. The molecule has 18 heavy (non-hydrogen) atoms. The van der Waals surface area contributed by atoms with Gasteiger partial charge in [0.1, 0.15) is 11.9 Å². The van der Waals surface area contributed by atoms with Gasteiger partial charge in [0.2, 0.25) is 0 Å². The van der Waals surface area contributed by atoms with Crippen molar-refractivity contribution < 1.29 is 4.79 Å². The molecule has 6 heteroatoms. The van der Waals surface area contributed by atoms with Crippen molar-refractivity contribution in [2.45, 2.75) is 6.04 Å². The Kier molecular flexibility index (Phi) is 3.60. The number of rotatable bonds is 2. The second-order valence-corrected chi connectivity index (χ2v) is 4.99. The molecular weight excluding hydrogens is 318 g/mol. The highest BCUT2D eigenvalue weighted by Crippen LogP contribution is 2.31. The fourth-order valence-corrected chi connectivity index (χ4v) is 2.31. The van der Waals surface area contributed by atoms with E-state index in [9.17, 15) is 4.79 Å². The fraction of sp³-hybridized carbons (Fsp3) is 0.167. The van der Waals surface area contributed by atoms with E-state index in [-0.39, 0.29) is 12.4 Å². The topological polar surface area (TPSA) is 58.7 Å². The summed E-state index contributed by atoms with van der Waals surface area (Å²) in [5.41, 5.74) is 6.59. The predicted molar refractivity (Wildman–Crippen MR) is 74.5 cm³/mol. The summed E-state index contributed by atoms with van der Waals surface area (Å²) < 4.78 is 0.731. The molecule has 0 radical (unpaired) electrons. The standard InChI is InChI=1S/C12H9BrClN3O/c1-2-5-17-10(11(15)16-12(17)18)7-3-4-9(14)8(13)6-7/h1,3-4,6,10H,5H2,(H2,15,16,18). The van der Waals surface area contributed by atoms with Gasteiger partial charge in [-0.15, -0.1) is 6.42 Å². The van der Waals surface area contributed by atoms with E-state index in [2.05, 4.69) is 26.8 Å². The number of amides is 2. The van der Waals surface area contributed by atoms with Crippen molar-refractivity contribution in [1.82, 2.24) is 4.90 Å². The predicted octanol–water partition coefficient (Wildman–Crippen LogP) is 2.57. The summed E-state index contributed by atoms with van der Waals surface area (Å²) in [5.74, 6) is 2.67. The molecule has 2 rings (SSSR count). The number of carbonyl (C=O) groups excluding carboxylic acids is 1. The van der Waals surface area contributed by atoms with Crippen LogP contribution in [0.3, 0.4) is 0 Å². The van der Waals surface area contributed by atoms with Crippen molar-refractivity contribution in [3.05, 3.63) is 33.3 Å². The quantitative estimate of drug-likeness (QED) is 0.849. The van der Waals surface area contributed by atoms with Gasteiger partial charge >= 0.3 is 6.03 Å². The van der Waals surface area contributed by atoms with Gasteiger partial charge < -0.3 is 5.73 Å². The number of halogens is 2. The summed E-state index contributed by atoms with van der Waals surface area (Å²) in [6.45, 7) is 0.161. The number of nitrogens with zero attached hydrogens (tertiary/aromatic N) is 2. The van der Waals surface area contributed by atoms with Crippen LogP contribution in [0.2, 0.25) is 5.02 Å². The van der Waals surface area contributed by atoms with Crippen LogP contribution in [0.15, 0.2) is 27.7 Å². The van der Waals surface area contributed by atoms with Crippen molar-refractivity contribution >= 4 is 39.4 Å². The van der Waals surface area contributed by atoms with E-state index in [1.807, 2.05) is 0 Å². The number of terminal acetylenes is 1. The summed E-state index contributed by atoms with van der Waals surface area (Å²) in [6.07, 6.45) is 5.24. The number of nitrogens with two attached hydrogens (primary N) is 1. The van der Waals surface area contributed by atoms with Gasteiger partial charge in [-0.2, -0.15) is 4.99 Å². The molecule has 0 spiro atoms. The third-order valence-corrected chi connectivity index (χ3v) is 3.80. The van der Waals surface area contributed by atoms with E-state index in [1.165, 1.54) is 4.90 Å². The number of hydrogen-bond donors (Lipinski definition) is 1. The minimum atomic E-state index is -0.429. The molecule has 92 valence electrons. The normalized spacial score (nSPS) is 18.7. The molecule has 0 saturated carbocycles. The average Bonchev–Trinajstić information content (AvgIpc) is 2.59. The third-order valence-electron chi connectivity index (χ3n) is 2.58. The van der Waals surface area contributed by atoms with Crippen LogP contribution in [0.5, 0.6) is 0 Å². The van der Waals surface area contributed by atoms with E-state index >= 15 is 0 Å². The Balaban J connectivity index is 2.41. The van der Waals surface area contributed by atoms with Crippen molar-refractivity contribution in [2.24, 2.45) is 10.7 Å². The lowest BCUT2D eigenvalue weighted by molar-refractivity contribution is 0.213. The van der Waals surface area contributed by atoms with Gasteiger partial charge in [-0.05, 0) is 33.6 Å². The molecule has 0 fully saturated rings. The molecule has 1 heterocycles. The van der Waals surface area contributed by atoms with Crippen LogP contribution in [0, 0.1) is 12.3 Å². The van der Waals surface area contributed by atoms with Gasteiger partial charge in [-0.25, -0.2) is 4.79 Å². The molecule has 1 aromatic rings. The highest BCUT2D eigenvalue weighted by atomic mass is 79.9. The average molecular weight is 327 g/mol. The second-order valence-electron chi connectivity index (χ2n) is 3.73. The highest BCUT2D eigenvalue weighted by molar-refractivity contribution is 9.10. The van der Waals surface area contributed by atoms with E-state index in [0.717, 1.165) is 10.0 Å². The molecule has 0 aromatic heterocycles. The van der Waals surface area contributed by atoms with E-state index in [4.69, 9.17) is 23.8 Å². The van der Waals surface area contributed by atoms with Crippen molar-refractivity contribution in [3.63, 3.8) is 0 Å². The Bertz CT molecular complexity index is 579. The first kappa shape index (κ1) is 12.9. The Morgan fingerprint density at radius 2 is 2.33 bits per heavy atom. The van der Waals surface area contributed by atoms with Crippen LogP contribution in [0.25, 0.3) is 0 Å². The van der Waals surface area contributed by atoms with Crippen LogP contribution in [-0.2, 0) is 0 Å². The van der Waals surface area contributed by atoms with Crippen LogP contribution in [0.1, 0.15) is 11.6 Å². The lowest BCUT2D eigenvalue weighted by Crippen LogP contribution is -2.33. The van der Waals surface area contributed by atoms with Gasteiger partial charge in [-0.3, -0.25) is 4.90 Å². The second kappa shape index (κ2) is 5.01. The molecule has 0 bridgehead atoms. The van der Waals surface area contributed by atoms with Crippen LogP contribution >= 0.6 is 27.5 Å². The molecule has 2 amide bonds. The zero-order valence-electron chi connectivity index (χ0n) is 9.23. The highest BCUT2D eigenvalue weighted by Gasteiger charge is 2.34. The maximum absolute atomic E-state index is 11.6. The van der Waals surface area contributed by atoms with Crippen LogP contribution in [-0.4, -0.2) is 23.3 Å². The van der Waals surface area contributed by atoms with Crippen molar-refractivity contribution in [3.8, 4) is 12.3 Å². The molecule has 0 saturated heterocycles. The van der Waals surface area contributed by atoms with Crippen LogP contribution in [0.4, 0.5) is 4.79 Å². The van der Waals surface area contributed by atoms with Gasteiger partial charge in [-0.1, -0.05) is 23.6 Å². The molecule has 1 unspecified atom stereocenters. The molecule has 1 aromatic carbocycles. The van der Waals surface area contributed by atoms with E-state index in [1.54, 1.807) is 18.2 Å². The summed E-state index contributed by atoms with van der Waals surface area (Å²) >= 11 is 9.26. The van der Waals surface area contributed by atoms with Crippen LogP contribution < -0.4 is 5.73 Å². The van der Waals surface area contributed by atoms with Gasteiger partial charge in [0.15, 0.2) is 0 Å². The van der Waals surface area contributed by atoms with E-state index < -0.39 is 12.1 Å². The third kappa shape index (κ3) is 2.22. The summed E-state index contributed by atoms with van der Waals surface area (Å²) in [7, 11) is 0. The molecule has 2 N–H and O–H groups in total.